The number of carbonyl (C=O) groups is 1. The largest absolute Gasteiger partial charge is 0.393 e. The predicted molar refractivity (Wildman–Crippen MR) is 115 cm³/mol. The van der Waals surface area contributed by atoms with Gasteiger partial charge in [-0.05, 0) is 48.9 Å². The average molecular weight is 403 g/mol. The number of amides is 1. The average Bonchev–Trinajstić information content (AvgIpc) is 3.61. The first-order valence-electron chi connectivity index (χ1n) is 10.6. The van der Waals surface area contributed by atoms with Crippen molar-refractivity contribution in [2.24, 2.45) is 5.92 Å². The number of fused-ring (bicyclic) bond motifs is 1. The molecule has 1 aliphatic heterocycles. The minimum atomic E-state index is -0.163. The molecule has 1 saturated heterocycles. The summed E-state index contributed by atoms with van der Waals surface area (Å²) < 4.78 is 0. The Morgan fingerprint density at radius 3 is 2.70 bits per heavy atom. The van der Waals surface area contributed by atoms with Crippen molar-refractivity contribution in [2.45, 2.75) is 38.3 Å². The second-order valence-electron chi connectivity index (χ2n) is 8.32. The van der Waals surface area contributed by atoms with Crippen molar-refractivity contribution in [1.82, 2.24) is 19.9 Å². The lowest BCUT2D eigenvalue weighted by Crippen LogP contribution is -2.35. The minimum Gasteiger partial charge on any atom is -0.393 e. The SMILES string of the molecule is O=C(Nc1ncc2ccc(-c3cncc(CN4CCC(O)CC4)c3)cc2n1)C1CC1. The van der Waals surface area contributed by atoms with E-state index in [0.29, 0.717) is 5.95 Å². The zero-order chi connectivity index (χ0) is 20.5. The Kier molecular flexibility index (Phi) is 5.14. The molecule has 0 radical (unpaired) electrons. The number of hydrogen-bond donors (Lipinski definition) is 2. The number of pyridine rings is 1. The molecular weight excluding hydrogens is 378 g/mol. The molecule has 1 amide bonds. The van der Waals surface area contributed by atoms with Gasteiger partial charge in [-0.3, -0.25) is 20.0 Å². The van der Waals surface area contributed by atoms with E-state index in [-0.39, 0.29) is 17.9 Å². The molecule has 154 valence electrons. The molecule has 0 spiro atoms. The fraction of sp³-hybridized carbons (Fsp3) is 0.391. The van der Waals surface area contributed by atoms with Crippen LogP contribution in [-0.4, -0.2) is 50.1 Å². The van der Waals surface area contributed by atoms with Gasteiger partial charge in [-0.1, -0.05) is 12.1 Å². The quantitative estimate of drug-likeness (QED) is 0.681. The van der Waals surface area contributed by atoms with E-state index in [4.69, 9.17) is 0 Å². The number of aliphatic hydroxyl groups is 1. The van der Waals surface area contributed by atoms with Crippen molar-refractivity contribution in [3.8, 4) is 11.1 Å². The van der Waals surface area contributed by atoms with E-state index in [1.165, 1.54) is 0 Å². The van der Waals surface area contributed by atoms with Gasteiger partial charge in [0.25, 0.3) is 0 Å². The topological polar surface area (TPSA) is 91.2 Å². The molecule has 3 heterocycles. The highest BCUT2D eigenvalue weighted by Gasteiger charge is 2.30. The Balaban J connectivity index is 1.36. The van der Waals surface area contributed by atoms with Gasteiger partial charge in [0.2, 0.25) is 11.9 Å². The first kappa shape index (κ1) is 19.1. The summed E-state index contributed by atoms with van der Waals surface area (Å²) in [5.74, 6) is 0.482. The highest BCUT2D eigenvalue weighted by atomic mass is 16.3. The predicted octanol–water partition coefficient (Wildman–Crippen LogP) is 3.00. The lowest BCUT2D eigenvalue weighted by molar-refractivity contribution is -0.117. The molecule has 7 nitrogen and oxygen atoms in total. The van der Waals surface area contributed by atoms with Gasteiger partial charge in [0.05, 0.1) is 11.6 Å². The summed E-state index contributed by atoms with van der Waals surface area (Å²) in [5.41, 5.74) is 4.02. The monoisotopic (exact) mass is 403 g/mol. The summed E-state index contributed by atoms with van der Waals surface area (Å²) in [4.78, 5) is 27.6. The zero-order valence-corrected chi connectivity index (χ0v) is 16.8. The van der Waals surface area contributed by atoms with Crippen molar-refractivity contribution in [2.75, 3.05) is 18.4 Å². The van der Waals surface area contributed by atoms with E-state index in [1.807, 2.05) is 30.6 Å². The number of anilines is 1. The normalized spacial score (nSPS) is 17.9. The number of nitrogens with zero attached hydrogens (tertiary/aromatic N) is 4. The number of hydrogen-bond acceptors (Lipinski definition) is 6. The summed E-state index contributed by atoms with van der Waals surface area (Å²) in [6.07, 6.45) is 8.91. The third-order valence-electron chi connectivity index (χ3n) is 5.86. The summed E-state index contributed by atoms with van der Waals surface area (Å²) in [7, 11) is 0. The van der Waals surface area contributed by atoms with Crippen LogP contribution in [0.1, 0.15) is 31.2 Å². The molecule has 1 aromatic carbocycles. The Morgan fingerprint density at radius 2 is 1.90 bits per heavy atom. The summed E-state index contributed by atoms with van der Waals surface area (Å²) in [6.45, 7) is 2.65. The van der Waals surface area contributed by atoms with Crippen LogP contribution in [0.4, 0.5) is 5.95 Å². The van der Waals surface area contributed by atoms with Crippen molar-refractivity contribution in [1.29, 1.82) is 0 Å². The van der Waals surface area contributed by atoms with Gasteiger partial charge in [0, 0.05) is 55.1 Å². The molecule has 2 aliphatic rings. The Bertz CT molecular complexity index is 1070. The highest BCUT2D eigenvalue weighted by molar-refractivity contribution is 5.93. The number of benzene rings is 1. The van der Waals surface area contributed by atoms with E-state index >= 15 is 0 Å². The van der Waals surface area contributed by atoms with E-state index in [2.05, 4.69) is 31.2 Å². The lowest BCUT2D eigenvalue weighted by Gasteiger charge is -2.29. The first-order valence-corrected chi connectivity index (χ1v) is 10.6. The van der Waals surface area contributed by atoms with E-state index in [0.717, 1.165) is 72.9 Å². The van der Waals surface area contributed by atoms with E-state index < -0.39 is 0 Å². The first-order chi connectivity index (χ1) is 14.6. The zero-order valence-electron chi connectivity index (χ0n) is 16.8. The standard InChI is InChI=1S/C23H25N5O2/c29-20-5-7-28(8-6-20)14-15-9-19(12-24-11-15)17-3-4-18-13-25-23(26-21(18)10-17)27-22(30)16-1-2-16/h3-4,9-13,16,20,29H,1-2,5-8,14H2,(H,25,26,27,30). The third-order valence-corrected chi connectivity index (χ3v) is 5.86. The van der Waals surface area contributed by atoms with Crippen molar-refractivity contribution >= 4 is 22.8 Å². The summed E-state index contributed by atoms with van der Waals surface area (Å²) in [5, 5.41) is 13.4. The maximum absolute atomic E-state index is 12.0. The summed E-state index contributed by atoms with van der Waals surface area (Å²) >= 11 is 0. The number of nitrogens with one attached hydrogen (secondary N) is 1. The van der Waals surface area contributed by atoms with Gasteiger partial charge in [-0.2, -0.15) is 0 Å². The van der Waals surface area contributed by atoms with Crippen LogP contribution in [-0.2, 0) is 11.3 Å². The van der Waals surface area contributed by atoms with Crippen LogP contribution in [0.25, 0.3) is 22.0 Å². The fourth-order valence-electron chi connectivity index (χ4n) is 3.89. The molecule has 0 bridgehead atoms. The lowest BCUT2D eigenvalue weighted by atomic mass is 10.0. The maximum atomic E-state index is 12.0. The maximum Gasteiger partial charge on any atom is 0.229 e. The van der Waals surface area contributed by atoms with E-state index in [1.54, 1.807) is 6.20 Å². The minimum absolute atomic E-state index is 0.00707. The molecule has 3 aromatic rings. The number of rotatable bonds is 5. The number of aliphatic hydroxyl groups excluding tert-OH is 1. The molecular formula is C23H25N5O2. The van der Waals surface area contributed by atoms with Gasteiger partial charge in [-0.25, -0.2) is 9.97 Å². The van der Waals surface area contributed by atoms with Gasteiger partial charge in [-0.15, -0.1) is 0 Å². The van der Waals surface area contributed by atoms with Gasteiger partial charge in [0.15, 0.2) is 0 Å². The van der Waals surface area contributed by atoms with E-state index in [9.17, 15) is 9.90 Å². The fourth-order valence-corrected chi connectivity index (χ4v) is 3.89. The van der Waals surface area contributed by atoms with Crippen LogP contribution < -0.4 is 5.32 Å². The van der Waals surface area contributed by atoms with Gasteiger partial charge in [0.1, 0.15) is 0 Å². The second-order valence-corrected chi connectivity index (χ2v) is 8.32. The molecule has 1 aliphatic carbocycles. The van der Waals surface area contributed by atoms with Crippen LogP contribution in [0.5, 0.6) is 0 Å². The van der Waals surface area contributed by atoms with Crippen molar-refractivity contribution in [3.05, 3.63) is 48.4 Å². The Morgan fingerprint density at radius 1 is 1.07 bits per heavy atom. The van der Waals surface area contributed by atoms with Crippen LogP contribution in [0.3, 0.4) is 0 Å². The van der Waals surface area contributed by atoms with Gasteiger partial charge >= 0.3 is 0 Å². The highest BCUT2D eigenvalue weighted by Crippen LogP contribution is 2.30. The van der Waals surface area contributed by atoms with Crippen LogP contribution >= 0.6 is 0 Å². The molecule has 5 rings (SSSR count). The second kappa shape index (κ2) is 8.08. The Labute approximate surface area is 175 Å². The summed E-state index contributed by atoms with van der Waals surface area (Å²) in [6, 6.07) is 8.22. The Hall–Kier alpha value is -2.90. The van der Waals surface area contributed by atoms with Crippen LogP contribution in [0.2, 0.25) is 0 Å². The number of piperidine rings is 1. The molecule has 2 N–H and O–H groups in total. The van der Waals surface area contributed by atoms with Gasteiger partial charge < -0.3 is 5.11 Å². The van der Waals surface area contributed by atoms with Crippen LogP contribution in [0, 0.1) is 5.92 Å². The molecule has 2 fully saturated rings. The smallest absolute Gasteiger partial charge is 0.229 e. The van der Waals surface area contributed by atoms with Crippen LogP contribution in [0.15, 0.2) is 42.9 Å². The third kappa shape index (κ3) is 4.32. The molecule has 2 aromatic heterocycles. The molecule has 30 heavy (non-hydrogen) atoms. The van der Waals surface area contributed by atoms with Crippen molar-refractivity contribution < 1.29 is 9.90 Å². The number of aromatic nitrogens is 3. The molecule has 0 unspecified atom stereocenters. The molecule has 7 heteroatoms. The van der Waals surface area contributed by atoms with Crippen molar-refractivity contribution in [3.63, 3.8) is 0 Å². The molecule has 0 atom stereocenters. The number of likely N-dealkylation sites (tertiary alicyclic amines) is 1. The number of carbonyl (C=O) groups excluding carboxylic acids is 1. The molecule has 1 saturated carbocycles.